The summed E-state index contributed by atoms with van der Waals surface area (Å²) in [5.74, 6) is -0.0199. The van der Waals surface area contributed by atoms with Gasteiger partial charge in [-0.1, -0.05) is 6.92 Å². The SMILES string of the molecule is CCc1nc(C(C)NC(=O)CC(C)N)cs1. The van der Waals surface area contributed by atoms with E-state index in [4.69, 9.17) is 5.73 Å². The summed E-state index contributed by atoms with van der Waals surface area (Å²) in [5.41, 5.74) is 6.49. The number of nitrogens with one attached hydrogen (secondary N) is 1. The molecule has 2 unspecified atom stereocenters. The van der Waals surface area contributed by atoms with Crippen molar-refractivity contribution in [2.75, 3.05) is 0 Å². The molecule has 0 aliphatic heterocycles. The Balaban J connectivity index is 2.51. The highest BCUT2D eigenvalue weighted by Gasteiger charge is 2.13. The van der Waals surface area contributed by atoms with Gasteiger partial charge in [0.1, 0.15) is 0 Å². The molecule has 1 aromatic rings. The molecule has 0 bridgehead atoms. The molecule has 1 amide bonds. The Morgan fingerprint density at radius 3 is 2.81 bits per heavy atom. The number of aromatic nitrogens is 1. The number of carbonyl (C=O) groups is 1. The van der Waals surface area contributed by atoms with Gasteiger partial charge in [-0.25, -0.2) is 4.98 Å². The predicted octanol–water partition coefficient (Wildman–Crippen LogP) is 1.62. The normalized spacial score (nSPS) is 14.5. The molecule has 0 spiro atoms. The van der Waals surface area contributed by atoms with Crippen LogP contribution in [0.4, 0.5) is 0 Å². The molecule has 0 saturated carbocycles. The van der Waals surface area contributed by atoms with E-state index in [-0.39, 0.29) is 18.0 Å². The fourth-order valence-corrected chi connectivity index (χ4v) is 2.19. The molecular formula is C11H19N3OS. The van der Waals surface area contributed by atoms with Crippen LogP contribution in [0.25, 0.3) is 0 Å². The number of hydrogen-bond acceptors (Lipinski definition) is 4. The molecule has 0 aliphatic carbocycles. The van der Waals surface area contributed by atoms with E-state index < -0.39 is 0 Å². The molecule has 0 aliphatic rings. The molecule has 5 heteroatoms. The zero-order chi connectivity index (χ0) is 12.1. The Labute approximate surface area is 100 Å². The van der Waals surface area contributed by atoms with E-state index >= 15 is 0 Å². The molecule has 90 valence electrons. The number of thiazole rings is 1. The van der Waals surface area contributed by atoms with Crippen LogP contribution < -0.4 is 11.1 Å². The van der Waals surface area contributed by atoms with Crippen molar-refractivity contribution < 1.29 is 4.79 Å². The number of carbonyl (C=O) groups excluding carboxylic acids is 1. The molecule has 16 heavy (non-hydrogen) atoms. The van der Waals surface area contributed by atoms with E-state index in [2.05, 4.69) is 17.2 Å². The van der Waals surface area contributed by atoms with Crippen LogP contribution in [0.3, 0.4) is 0 Å². The Bertz CT molecular complexity index is 349. The summed E-state index contributed by atoms with van der Waals surface area (Å²) in [6.45, 7) is 5.83. The van der Waals surface area contributed by atoms with Gasteiger partial charge in [0, 0.05) is 17.8 Å². The Kier molecular flexibility index (Phi) is 4.89. The standard InChI is InChI=1S/C11H19N3OS/c1-4-11-14-9(6-16-11)8(3)13-10(15)5-7(2)12/h6-8H,4-5,12H2,1-3H3,(H,13,15). The summed E-state index contributed by atoms with van der Waals surface area (Å²) in [5, 5.41) is 5.99. The summed E-state index contributed by atoms with van der Waals surface area (Å²) in [7, 11) is 0. The van der Waals surface area contributed by atoms with Crippen LogP contribution in [0.5, 0.6) is 0 Å². The fraction of sp³-hybridized carbons (Fsp3) is 0.636. The van der Waals surface area contributed by atoms with Crippen molar-refractivity contribution in [3.8, 4) is 0 Å². The molecule has 0 fully saturated rings. The van der Waals surface area contributed by atoms with Gasteiger partial charge in [0.25, 0.3) is 0 Å². The lowest BCUT2D eigenvalue weighted by atomic mass is 10.2. The first-order valence-electron chi connectivity index (χ1n) is 5.52. The highest BCUT2D eigenvalue weighted by Crippen LogP contribution is 2.16. The van der Waals surface area contributed by atoms with E-state index in [1.54, 1.807) is 11.3 Å². The third-order valence-corrected chi connectivity index (χ3v) is 3.21. The fourth-order valence-electron chi connectivity index (χ4n) is 1.35. The number of aryl methyl sites for hydroxylation is 1. The van der Waals surface area contributed by atoms with E-state index in [9.17, 15) is 4.79 Å². The van der Waals surface area contributed by atoms with Crippen LogP contribution in [-0.2, 0) is 11.2 Å². The largest absolute Gasteiger partial charge is 0.348 e. The molecule has 1 heterocycles. The number of rotatable bonds is 5. The van der Waals surface area contributed by atoms with Crippen molar-refractivity contribution in [1.82, 2.24) is 10.3 Å². The zero-order valence-corrected chi connectivity index (χ0v) is 10.8. The molecule has 4 nitrogen and oxygen atoms in total. The third kappa shape index (κ3) is 3.90. The Morgan fingerprint density at radius 2 is 2.31 bits per heavy atom. The minimum absolute atomic E-state index is 0.0199. The predicted molar refractivity (Wildman–Crippen MR) is 66.3 cm³/mol. The van der Waals surface area contributed by atoms with E-state index in [1.807, 2.05) is 19.2 Å². The van der Waals surface area contributed by atoms with E-state index in [0.717, 1.165) is 17.1 Å². The summed E-state index contributed by atoms with van der Waals surface area (Å²) < 4.78 is 0. The first-order valence-corrected chi connectivity index (χ1v) is 6.40. The molecular weight excluding hydrogens is 222 g/mol. The smallest absolute Gasteiger partial charge is 0.222 e. The summed E-state index contributed by atoms with van der Waals surface area (Å²) in [6, 6.07) is -0.142. The highest BCUT2D eigenvalue weighted by atomic mass is 32.1. The summed E-state index contributed by atoms with van der Waals surface area (Å²) >= 11 is 1.63. The minimum Gasteiger partial charge on any atom is -0.348 e. The zero-order valence-electron chi connectivity index (χ0n) is 9.99. The molecule has 0 saturated heterocycles. The summed E-state index contributed by atoms with van der Waals surface area (Å²) in [6.07, 6.45) is 1.29. The maximum Gasteiger partial charge on any atom is 0.222 e. The molecule has 2 atom stereocenters. The average molecular weight is 241 g/mol. The second-order valence-electron chi connectivity index (χ2n) is 3.99. The quantitative estimate of drug-likeness (QED) is 0.823. The second kappa shape index (κ2) is 5.96. The lowest BCUT2D eigenvalue weighted by molar-refractivity contribution is -0.122. The van der Waals surface area contributed by atoms with Gasteiger partial charge in [0.15, 0.2) is 0 Å². The minimum atomic E-state index is -0.103. The lowest BCUT2D eigenvalue weighted by Crippen LogP contribution is -2.31. The highest BCUT2D eigenvalue weighted by molar-refractivity contribution is 7.09. The van der Waals surface area contributed by atoms with Crippen molar-refractivity contribution in [2.45, 2.75) is 45.7 Å². The Hall–Kier alpha value is -0.940. The van der Waals surface area contributed by atoms with Gasteiger partial charge < -0.3 is 11.1 Å². The second-order valence-corrected chi connectivity index (χ2v) is 4.93. The van der Waals surface area contributed by atoms with Crippen LogP contribution in [0, 0.1) is 0 Å². The van der Waals surface area contributed by atoms with Gasteiger partial charge in [-0.3, -0.25) is 4.79 Å². The number of nitrogens with two attached hydrogens (primary N) is 1. The maximum absolute atomic E-state index is 11.5. The van der Waals surface area contributed by atoms with Crippen molar-refractivity contribution in [3.63, 3.8) is 0 Å². The van der Waals surface area contributed by atoms with Crippen molar-refractivity contribution >= 4 is 17.2 Å². The van der Waals surface area contributed by atoms with Gasteiger partial charge in [-0.05, 0) is 20.3 Å². The third-order valence-electron chi connectivity index (χ3n) is 2.20. The first kappa shape index (κ1) is 13.1. The van der Waals surface area contributed by atoms with Gasteiger partial charge in [-0.15, -0.1) is 11.3 Å². The van der Waals surface area contributed by atoms with Crippen molar-refractivity contribution in [3.05, 3.63) is 16.1 Å². The monoisotopic (exact) mass is 241 g/mol. The van der Waals surface area contributed by atoms with Gasteiger partial charge >= 0.3 is 0 Å². The van der Waals surface area contributed by atoms with Crippen molar-refractivity contribution in [2.24, 2.45) is 5.73 Å². The van der Waals surface area contributed by atoms with Crippen LogP contribution >= 0.6 is 11.3 Å². The maximum atomic E-state index is 11.5. The number of amides is 1. The molecule has 3 N–H and O–H groups in total. The molecule has 1 rings (SSSR count). The molecule has 1 aromatic heterocycles. The van der Waals surface area contributed by atoms with Gasteiger partial charge in [0.2, 0.25) is 5.91 Å². The van der Waals surface area contributed by atoms with Crippen LogP contribution in [0.15, 0.2) is 5.38 Å². The van der Waals surface area contributed by atoms with E-state index in [1.165, 1.54) is 0 Å². The lowest BCUT2D eigenvalue weighted by Gasteiger charge is -2.12. The van der Waals surface area contributed by atoms with Crippen LogP contribution in [0.2, 0.25) is 0 Å². The van der Waals surface area contributed by atoms with Gasteiger partial charge in [0.05, 0.1) is 16.7 Å². The average Bonchev–Trinajstić information content (AvgIpc) is 2.64. The number of hydrogen-bond donors (Lipinski definition) is 2. The van der Waals surface area contributed by atoms with Crippen LogP contribution in [-0.4, -0.2) is 16.9 Å². The topological polar surface area (TPSA) is 68.0 Å². The van der Waals surface area contributed by atoms with Crippen molar-refractivity contribution in [1.29, 1.82) is 0 Å². The van der Waals surface area contributed by atoms with Crippen LogP contribution in [0.1, 0.15) is 43.9 Å². The Morgan fingerprint density at radius 1 is 1.62 bits per heavy atom. The van der Waals surface area contributed by atoms with Gasteiger partial charge in [-0.2, -0.15) is 0 Å². The van der Waals surface area contributed by atoms with E-state index in [0.29, 0.717) is 6.42 Å². The number of nitrogens with zero attached hydrogens (tertiary/aromatic N) is 1. The first-order chi connectivity index (χ1) is 7.52. The molecule has 0 aromatic carbocycles. The summed E-state index contributed by atoms with van der Waals surface area (Å²) in [4.78, 5) is 15.9. The molecule has 0 radical (unpaired) electrons.